The van der Waals surface area contributed by atoms with Crippen LogP contribution in [0, 0.1) is 0 Å². The Morgan fingerprint density at radius 2 is 1.06 bits per heavy atom. The zero-order valence-electron chi connectivity index (χ0n) is 21.5. The van der Waals surface area contributed by atoms with E-state index in [-0.39, 0.29) is 13.2 Å². The fraction of sp³-hybridized carbons (Fsp3) is 1.00. The number of hydrogen-bond acceptors (Lipinski definition) is 4. The van der Waals surface area contributed by atoms with Gasteiger partial charge in [0.05, 0.1) is 26.7 Å². The third-order valence-electron chi connectivity index (χ3n) is 7.02. The molecule has 6 heteroatoms. The van der Waals surface area contributed by atoms with Crippen molar-refractivity contribution >= 4 is 7.82 Å². The van der Waals surface area contributed by atoms with Crippen molar-refractivity contribution in [3.05, 3.63) is 0 Å². The first-order valence-corrected chi connectivity index (χ1v) is 15.4. The van der Waals surface area contributed by atoms with Crippen LogP contribution < -0.4 is 4.89 Å². The van der Waals surface area contributed by atoms with Gasteiger partial charge in [0.25, 0.3) is 7.82 Å². The Kier molecular flexibility index (Phi) is 18.2. The fourth-order valence-corrected chi connectivity index (χ4v) is 5.47. The molecule has 1 unspecified atom stereocenters. The molecule has 1 aliphatic rings. The molecule has 1 fully saturated rings. The Morgan fingerprint density at radius 3 is 1.56 bits per heavy atom. The van der Waals surface area contributed by atoms with E-state index in [4.69, 9.17) is 9.05 Å². The lowest BCUT2D eigenvalue weighted by Gasteiger charge is -2.36. The van der Waals surface area contributed by atoms with Crippen LogP contribution in [0.5, 0.6) is 0 Å². The Morgan fingerprint density at radius 1 is 0.656 bits per heavy atom. The lowest BCUT2D eigenvalue weighted by Crippen LogP contribution is -2.48. The van der Waals surface area contributed by atoms with Gasteiger partial charge in [-0.25, -0.2) is 0 Å². The van der Waals surface area contributed by atoms with Gasteiger partial charge in [-0.3, -0.25) is 4.57 Å². The topological polar surface area (TPSA) is 58.6 Å². The van der Waals surface area contributed by atoms with Crippen molar-refractivity contribution in [2.75, 3.05) is 39.9 Å². The molecule has 0 aliphatic carbocycles. The second-order valence-corrected chi connectivity index (χ2v) is 11.7. The minimum atomic E-state index is -4.16. The number of unbranched alkanes of at least 4 members (excludes halogenated alkanes) is 13. The maximum absolute atomic E-state index is 12.0. The van der Waals surface area contributed by atoms with Gasteiger partial charge in [-0.05, 0) is 32.1 Å². The molecule has 1 aliphatic heterocycles. The van der Waals surface area contributed by atoms with Gasteiger partial charge in [-0.1, -0.05) is 96.8 Å². The van der Waals surface area contributed by atoms with Gasteiger partial charge in [0, 0.05) is 0 Å². The van der Waals surface area contributed by atoms with Crippen LogP contribution in [0.4, 0.5) is 0 Å². The number of hydrogen-bond donors (Lipinski definition) is 0. The quantitative estimate of drug-likeness (QED) is 0.105. The van der Waals surface area contributed by atoms with Gasteiger partial charge in [0.1, 0.15) is 13.2 Å². The van der Waals surface area contributed by atoms with Crippen LogP contribution in [0.25, 0.3) is 0 Å². The summed E-state index contributed by atoms with van der Waals surface area (Å²) in [6, 6.07) is 0. The number of nitrogens with zero attached hydrogens (tertiary/aromatic N) is 1. The SMILES string of the molecule is CCCCCCCCCCCCCCCCOP(=O)([O-])OCC[N+]1(C)CCCCCCC1. The summed E-state index contributed by atoms with van der Waals surface area (Å²) in [5.41, 5.74) is 0. The summed E-state index contributed by atoms with van der Waals surface area (Å²) in [5, 5.41) is 0. The van der Waals surface area contributed by atoms with Crippen LogP contribution in [0.3, 0.4) is 0 Å². The Balaban J connectivity index is 1.91. The number of rotatable bonds is 20. The minimum absolute atomic E-state index is 0.232. The molecule has 32 heavy (non-hydrogen) atoms. The minimum Gasteiger partial charge on any atom is -0.756 e. The fourth-order valence-electron chi connectivity index (χ4n) is 4.74. The molecular weight excluding hydrogens is 421 g/mol. The molecule has 0 amide bonds. The highest BCUT2D eigenvalue weighted by Gasteiger charge is 2.23. The molecule has 1 rings (SSSR count). The summed E-state index contributed by atoms with van der Waals surface area (Å²) in [6.45, 7) is 5.73. The van der Waals surface area contributed by atoms with E-state index in [1.807, 2.05) is 0 Å². The average molecular weight is 476 g/mol. The number of quaternary nitrogens is 1. The van der Waals surface area contributed by atoms with Crippen molar-refractivity contribution in [1.29, 1.82) is 0 Å². The largest absolute Gasteiger partial charge is 0.756 e. The third-order valence-corrected chi connectivity index (χ3v) is 8.02. The molecule has 0 aromatic rings. The van der Waals surface area contributed by atoms with Gasteiger partial charge in [-0.2, -0.15) is 0 Å². The third kappa shape index (κ3) is 17.5. The highest BCUT2D eigenvalue weighted by atomic mass is 31.2. The normalized spacial score (nSPS) is 18.7. The van der Waals surface area contributed by atoms with E-state index in [9.17, 15) is 9.46 Å². The molecule has 0 spiro atoms. The van der Waals surface area contributed by atoms with E-state index in [2.05, 4.69) is 14.0 Å². The van der Waals surface area contributed by atoms with Crippen molar-refractivity contribution in [2.24, 2.45) is 0 Å². The maximum atomic E-state index is 12.0. The van der Waals surface area contributed by atoms with Crippen LogP contribution in [0.2, 0.25) is 0 Å². The number of likely N-dealkylation sites (N-methyl/N-ethyl adjacent to an activating group) is 1. The van der Waals surface area contributed by atoms with Crippen LogP contribution in [-0.2, 0) is 13.6 Å². The van der Waals surface area contributed by atoms with E-state index in [0.717, 1.165) is 37.0 Å². The molecule has 0 aromatic carbocycles. The van der Waals surface area contributed by atoms with E-state index < -0.39 is 7.82 Å². The molecule has 192 valence electrons. The molecule has 5 nitrogen and oxygen atoms in total. The second kappa shape index (κ2) is 19.4. The lowest BCUT2D eigenvalue weighted by molar-refractivity contribution is -0.910. The van der Waals surface area contributed by atoms with Crippen molar-refractivity contribution in [2.45, 2.75) is 129 Å². The van der Waals surface area contributed by atoms with E-state index >= 15 is 0 Å². The van der Waals surface area contributed by atoms with E-state index in [1.165, 1.54) is 109 Å². The monoisotopic (exact) mass is 475 g/mol. The van der Waals surface area contributed by atoms with Crippen molar-refractivity contribution in [1.82, 2.24) is 0 Å². The van der Waals surface area contributed by atoms with Crippen LogP contribution in [0.15, 0.2) is 0 Å². The molecule has 0 saturated carbocycles. The number of likely N-dealkylation sites (tertiary alicyclic amines) is 1. The molecule has 1 saturated heterocycles. The molecule has 1 heterocycles. The molecule has 0 aromatic heterocycles. The highest BCUT2D eigenvalue weighted by Crippen LogP contribution is 2.38. The van der Waals surface area contributed by atoms with Crippen LogP contribution >= 0.6 is 7.82 Å². The first-order chi connectivity index (χ1) is 15.5. The van der Waals surface area contributed by atoms with Gasteiger partial charge < -0.3 is 18.4 Å². The summed E-state index contributed by atoms with van der Waals surface area (Å²) in [5.74, 6) is 0. The van der Waals surface area contributed by atoms with E-state index in [0.29, 0.717) is 0 Å². The molecule has 0 radical (unpaired) electrons. The van der Waals surface area contributed by atoms with Gasteiger partial charge >= 0.3 is 0 Å². The van der Waals surface area contributed by atoms with Crippen molar-refractivity contribution < 1.29 is 23.0 Å². The predicted molar refractivity (Wildman–Crippen MR) is 134 cm³/mol. The van der Waals surface area contributed by atoms with E-state index in [1.54, 1.807) is 0 Å². The second-order valence-electron chi connectivity index (χ2n) is 10.3. The molecule has 1 atom stereocenters. The Bertz CT molecular complexity index is 467. The molecular formula is C26H54NO4P. The maximum Gasteiger partial charge on any atom is 0.268 e. The summed E-state index contributed by atoms with van der Waals surface area (Å²) in [6.07, 6.45) is 24.3. The predicted octanol–water partition coefficient (Wildman–Crippen LogP) is 7.38. The summed E-state index contributed by atoms with van der Waals surface area (Å²) < 4.78 is 23.2. The first kappa shape index (κ1) is 30.1. The van der Waals surface area contributed by atoms with Crippen molar-refractivity contribution in [3.63, 3.8) is 0 Å². The standard InChI is InChI=1S/C26H54NO4P/c1-3-4-5-6-7-8-9-10-11-12-13-14-18-21-25-30-32(28,29)31-26-24-27(2)22-19-16-15-17-20-23-27/h3-26H2,1-2H3. The number of phosphoric acid groups is 1. The van der Waals surface area contributed by atoms with Gasteiger partial charge in [0.2, 0.25) is 0 Å². The highest BCUT2D eigenvalue weighted by molar-refractivity contribution is 7.45. The van der Waals surface area contributed by atoms with Crippen LogP contribution in [-0.4, -0.2) is 44.4 Å². The summed E-state index contributed by atoms with van der Waals surface area (Å²) in [4.78, 5) is 12.0. The zero-order chi connectivity index (χ0) is 23.4. The summed E-state index contributed by atoms with van der Waals surface area (Å²) >= 11 is 0. The van der Waals surface area contributed by atoms with Crippen LogP contribution in [0.1, 0.15) is 129 Å². The van der Waals surface area contributed by atoms with Gasteiger partial charge in [0.15, 0.2) is 0 Å². The number of phosphoric ester groups is 1. The van der Waals surface area contributed by atoms with Crippen molar-refractivity contribution in [3.8, 4) is 0 Å². The smallest absolute Gasteiger partial charge is 0.268 e. The summed E-state index contributed by atoms with van der Waals surface area (Å²) in [7, 11) is -1.93. The molecule has 0 N–H and O–H groups in total. The molecule has 0 bridgehead atoms. The first-order valence-electron chi connectivity index (χ1n) is 13.9. The Labute approximate surface area is 199 Å². The Hall–Kier alpha value is 0.0700. The van der Waals surface area contributed by atoms with Gasteiger partial charge in [-0.15, -0.1) is 0 Å². The lowest BCUT2D eigenvalue weighted by atomic mass is 10.0. The average Bonchev–Trinajstić information content (AvgIpc) is 2.74. The zero-order valence-corrected chi connectivity index (χ0v) is 22.4.